The summed E-state index contributed by atoms with van der Waals surface area (Å²) < 4.78 is 9.94. The van der Waals surface area contributed by atoms with E-state index in [4.69, 9.17) is 4.74 Å². The van der Waals surface area contributed by atoms with Gasteiger partial charge in [0.15, 0.2) is 0 Å². The minimum Gasteiger partial charge on any atom is -0.462 e. The molecule has 2 heterocycles. The van der Waals surface area contributed by atoms with Crippen molar-refractivity contribution in [3.8, 4) is 0 Å². The number of hydrogen-bond donors (Lipinski definition) is 1. The minimum absolute atomic E-state index is 0.318. The first-order valence-electron chi connectivity index (χ1n) is 9.69. The van der Waals surface area contributed by atoms with Crippen molar-refractivity contribution in [1.29, 1.82) is 0 Å². The molecule has 0 aromatic heterocycles. The molecule has 0 radical (unpaired) electrons. The molecule has 2 aliphatic heterocycles. The molecule has 0 saturated carbocycles. The fourth-order valence-electron chi connectivity index (χ4n) is 3.21. The van der Waals surface area contributed by atoms with Crippen molar-refractivity contribution in [3.63, 3.8) is 0 Å². The molecule has 2 aliphatic rings. The van der Waals surface area contributed by atoms with Crippen molar-refractivity contribution < 1.29 is 14.3 Å². The summed E-state index contributed by atoms with van der Waals surface area (Å²) in [6, 6.07) is 9.30. The normalized spacial score (nSPS) is 19.3. The van der Waals surface area contributed by atoms with Gasteiger partial charge in [-0.3, -0.25) is 9.69 Å². The van der Waals surface area contributed by atoms with E-state index in [0.29, 0.717) is 6.47 Å². The topological polar surface area (TPSA) is 50.8 Å². The smallest absolute Gasteiger partial charge is 0.293 e. The van der Waals surface area contributed by atoms with Crippen molar-refractivity contribution in [2.75, 3.05) is 39.4 Å². The molecule has 2 saturated heterocycles. The van der Waals surface area contributed by atoms with E-state index in [0.717, 1.165) is 38.8 Å². The van der Waals surface area contributed by atoms with Crippen LogP contribution in [0.25, 0.3) is 0 Å². The predicted molar refractivity (Wildman–Crippen MR) is 104 cm³/mol. The van der Waals surface area contributed by atoms with Crippen LogP contribution in [0.2, 0.25) is 0 Å². The van der Waals surface area contributed by atoms with Gasteiger partial charge in [0.1, 0.15) is 5.60 Å². The highest BCUT2D eigenvalue weighted by atomic mass is 16.5. The summed E-state index contributed by atoms with van der Waals surface area (Å²) in [7, 11) is 0. The molecule has 146 valence electrons. The molecule has 3 rings (SSSR count). The van der Waals surface area contributed by atoms with Crippen molar-refractivity contribution in [1.82, 2.24) is 10.2 Å². The number of ether oxygens (including phenoxy) is 2. The first-order chi connectivity index (χ1) is 12.5. The van der Waals surface area contributed by atoms with Gasteiger partial charge in [-0.05, 0) is 63.7 Å². The van der Waals surface area contributed by atoms with Gasteiger partial charge in [-0.2, -0.15) is 0 Å². The summed E-state index contributed by atoms with van der Waals surface area (Å²) in [6.07, 6.45) is 2.56. The molecule has 1 aromatic carbocycles. The van der Waals surface area contributed by atoms with Gasteiger partial charge in [0.05, 0.1) is 13.2 Å². The number of hydrogen-bond acceptors (Lipinski definition) is 5. The van der Waals surface area contributed by atoms with E-state index in [9.17, 15) is 4.79 Å². The van der Waals surface area contributed by atoms with Gasteiger partial charge in [0.25, 0.3) is 6.47 Å². The third-order valence-electron chi connectivity index (χ3n) is 4.70. The Morgan fingerprint density at radius 3 is 2.27 bits per heavy atom. The molecular formula is C21H34N2O3. The van der Waals surface area contributed by atoms with Crippen LogP contribution in [0.4, 0.5) is 0 Å². The second-order valence-corrected chi connectivity index (χ2v) is 7.98. The number of benzene rings is 1. The van der Waals surface area contributed by atoms with Crippen LogP contribution in [0, 0.1) is 0 Å². The van der Waals surface area contributed by atoms with E-state index >= 15 is 0 Å². The number of carbonyl (C=O) groups is 1. The van der Waals surface area contributed by atoms with Crippen molar-refractivity contribution in [2.45, 2.75) is 51.7 Å². The van der Waals surface area contributed by atoms with Crippen LogP contribution < -0.4 is 5.32 Å². The molecule has 0 spiro atoms. The van der Waals surface area contributed by atoms with Crippen molar-refractivity contribution in [2.24, 2.45) is 0 Å². The molecule has 0 bridgehead atoms. The number of nitrogens with one attached hydrogen (secondary N) is 1. The molecular weight excluding hydrogens is 328 g/mol. The maximum Gasteiger partial charge on any atom is 0.293 e. The largest absolute Gasteiger partial charge is 0.462 e. The Balaban J connectivity index is 0.000000298. The Morgan fingerprint density at radius 1 is 1.15 bits per heavy atom. The molecule has 26 heavy (non-hydrogen) atoms. The zero-order valence-electron chi connectivity index (χ0n) is 16.5. The summed E-state index contributed by atoms with van der Waals surface area (Å²) in [5.41, 5.74) is 2.63. The average Bonchev–Trinajstić information content (AvgIpc) is 2.64. The SMILES string of the molecule is CC(C)(C)OC=O.c1cc(C2CCNCC2)ccc1CN1CCOCC1. The highest BCUT2D eigenvalue weighted by Gasteiger charge is 2.15. The molecule has 0 aliphatic carbocycles. The quantitative estimate of drug-likeness (QED) is 0.835. The van der Waals surface area contributed by atoms with Crippen molar-refractivity contribution >= 4 is 6.47 Å². The van der Waals surface area contributed by atoms with E-state index in [2.05, 4.69) is 39.2 Å². The fraction of sp³-hybridized carbons (Fsp3) is 0.667. The standard InChI is InChI=1S/C16H24N2O.C5H10O2/c1-3-15(16-5-7-17-8-6-16)4-2-14(1)13-18-9-11-19-12-10-18;1-5(2,3)7-4-6/h1-4,16-17H,5-13H2;4H,1-3H3. The zero-order valence-corrected chi connectivity index (χ0v) is 16.5. The Bertz CT molecular complexity index is 513. The maximum absolute atomic E-state index is 9.60. The zero-order chi connectivity index (χ0) is 18.8. The lowest BCUT2D eigenvalue weighted by molar-refractivity contribution is -0.138. The average molecular weight is 363 g/mol. The Labute approximate surface area is 158 Å². The molecule has 0 amide bonds. The summed E-state index contributed by atoms with van der Waals surface area (Å²) in [4.78, 5) is 12.1. The van der Waals surface area contributed by atoms with Crippen LogP contribution in [-0.2, 0) is 20.8 Å². The highest BCUT2D eigenvalue weighted by molar-refractivity contribution is 5.37. The molecule has 0 atom stereocenters. The third kappa shape index (κ3) is 7.85. The molecule has 0 unspecified atom stereocenters. The second-order valence-electron chi connectivity index (χ2n) is 7.98. The van der Waals surface area contributed by atoms with Crippen LogP contribution in [0.5, 0.6) is 0 Å². The van der Waals surface area contributed by atoms with E-state index in [-0.39, 0.29) is 5.60 Å². The molecule has 1 aromatic rings. The number of rotatable bonds is 4. The minimum atomic E-state index is -0.318. The van der Waals surface area contributed by atoms with Crippen LogP contribution in [0.1, 0.15) is 50.7 Å². The van der Waals surface area contributed by atoms with Crippen LogP contribution in [-0.4, -0.2) is 56.4 Å². The molecule has 5 heteroatoms. The summed E-state index contributed by atoms with van der Waals surface area (Å²) >= 11 is 0. The predicted octanol–water partition coefficient (Wildman–Crippen LogP) is 2.94. The van der Waals surface area contributed by atoms with E-state index in [1.165, 1.54) is 37.1 Å². The van der Waals surface area contributed by atoms with Gasteiger partial charge in [0, 0.05) is 19.6 Å². The number of morpholine rings is 1. The molecule has 2 fully saturated rings. The Kier molecular flexibility index (Phi) is 8.55. The van der Waals surface area contributed by atoms with Crippen LogP contribution in [0.15, 0.2) is 24.3 Å². The van der Waals surface area contributed by atoms with Gasteiger partial charge in [-0.15, -0.1) is 0 Å². The number of piperidine rings is 1. The molecule has 5 nitrogen and oxygen atoms in total. The van der Waals surface area contributed by atoms with Gasteiger partial charge in [0.2, 0.25) is 0 Å². The van der Waals surface area contributed by atoms with Crippen LogP contribution in [0.3, 0.4) is 0 Å². The lowest BCUT2D eigenvalue weighted by Gasteiger charge is -2.27. The molecule has 1 N–H and O–H groups in total. The van der Waals surface area contributed by atoms with E-state index < -0.39 is 0 Å². The van der Waals surface area contributed by atoms with Gasteiger partial charge in [-0.25, -0.2) is 0 Å². The second kappa shape index (κ2) is 10.7. The highest BCUT2D eigenvalue weighted by Crippen LogP contribution is 2.25. The van der Waals surface area contributed by atoms with Gasteiger partial charge in [-0.1, -0.05) is 24.3 Å². The summed E-state index contributed by atoms with van der Waals surface area (Å²) in [5, 5.41) is 3.43. The number of carbonyl (C=O) groups excluding carboxylic acids is 1. The van der Waals surface area contributed by atoms with E-state index in [1.807, 2.05) is 20.8 Å². The lowest BCUT2D eigenvalue weighted by Crippen LogP contribution is -2.35. The van der Waals surface area contributed by atoms with Crippen molar-refractivity contribution in [3.05, 3.63) is 35.4 Å². The lowest BCUT2D eigenvalue weighted by atomic mass is 9.90. The van der Waals surface area contributed by atoms with Crippen LogP contribution >= 0.6 is 0 Å². The first kappa shape index (κ1) is 20.9. The van der Waals surface area contributed by atoms with E-state index in [1.54, 1.807) is 0 Å². The summed E-state index contributed by atoms with van der Waals surface area (Å²) in [5.74, 6) is 0.763. The monoisotopic (exact) mass is 362 g/mol. The Hall–Kier alpha value is -1.43. The third-order valence-corrected chi connectivity index (χ3v) is 4.70. The maximum atomic E-state index is 9.60. The first-order valence-corrected chi connectivity index (χ1v) is 9.69. The van der Waals surface area contributed by atoms with Gasteiger partial charge < -0.3 is 14.8 Å². The fourth-order valence-corrected chi connectivity index (χ4v) is 3.21. The summed E-state index contributed by atoms with van der Waals surface area (Å²) in [6.45, 7) is 13.2. The van der Waals surface area contributed by atoms with Gasteiger partial charge >= 0.3 is 0 Å². The Morgan fingerprint density at radius 2 is 1.77 bits per heavy atom. The number of nitrogens with zero attached hydrogens (tertiary/aromatic N) is 1.